The van der Waals surface area contributed by atoms with Crippen LogP contribution in [0.15, 0.2) is 48.5 Å². The van der Waals surface area contributed by atoms with E-state index in [-0.39, 0.29) is 12.0 Å². The van der Waals surface area contributed by atoms with E-state index >= 15 is 0 Å². The molecule has 0 aromatic heterocycles. The van der Waals surface area contributed by atoms with E-state index in [1.807, 2.05) is 48.5 Å². The van der Waals surface area contributed by atoms with Crippen LogP contribution < -0.4 is 14.8 Å². The maximum atomic E-state index is 12.3. The average Bonchev–Trinajstić information content (AvgIpc) is 3.15. The van der Waals surface area contributed by atoms with Crippen LogP contribution in [0.5, 0.6) is 11.5 Å². The molecule has 1 aliphatic rings. The molecule has 1 heterocycles. The van der Waals surface area contributed by atoms with E-state index in [0.29, 0.717) is 24.5 Å². The predicted molar refractivity (Wildman–Crippen MR) is 96.2 cm³/mol. The Hall–Kier alpha value is -2.53. The summed E-state index contributed by atoms with van der Waals surface area (Å²) in [7, 11) is 1.62. The number of methoxy groups -OCH3 is 1. The van der Waals surface area contributed by atoms with Gasteiger partial charge in [0, 0.05) is 6.61 Å². The Labute approximate surface area is 147 Å². The molecule has 2 aromatic rings. The van der Waals surface area contributed by atoms with Crippen LogP contribution in [0.25, 0.3) is 0 Å². The fraction of sp³-hybridized carbons (Fsp3) is 0.350. The summed E-state index contributed by atoms with van der Waals surface area (Å²) in [6.45, 7) is 1.31. The zero-order chi connectivity index (χ0) is 17.5. The summed E-state index contributed by atoms with van der Waals surface area (Å²) in [5.74, 6) is 1.36. The number of carbonyl (C=O) groups is 1. The van der Waals surface area contributed by atoms with Crippen LogP contribution in [0, 0.1) is 0 Å². The van der Waals surface area contributed by atoms with Gasteiger partial charge in [-0.05, 0) is 42.7 Å². The topological polar surface area (TPSA) is 56.8 Å². The minimum absolute atomic E-state index is 0.0849. The second-order valence-electron chi connectivity index (χ2n) is 6.02. The first-order chi connectivity index (χ1) is 12.2. The van der Waals surface area contributed by atoms with E-state index in [1.165, 1.54) is 0 Å². The second kappa shape index (κ2) is 8.53. The molecule has 1 amide bonds. The molecule has 5 heteroatoms. The van der Waals surface area contributed by atoms with Crippen molar-refractivity contribution in [2.75, 3.05) is 25.6 Å². The van der Waals surface area contributed by atoms with Gasteiger partial charge in [0.05, 0.1) is 25.3 Å². The first-order valence-electron chi connectivity index (χ1n) is 8.51. The highest BCUT2D eigenvalue weighted by Gasteiger charge is 2.17. The standard InChI is InChI=1S/C20H23NO4/c1-23-16-10-8-15(9-11-16)13-20(22)21-18-6-2-3-7-19(18)25-14-17-5-4-12-24-17/h2-3,6-11,17H,4-5,12-14H2,1H3,(H,21,22). The SMILES string of the molecule is COc1ccc(CC(=O)Nc2ccccc2OCC2CCCO2)cc1. The van der Waals surface area contributed by atoms with Gasteiger partial charge in [0.1, 0.15) is 18.1 Å². The second-order valence-corrected chi connectivity index (χ2v) is 6.02. The Balaban J connectivity index is 1.58. The monoisotopic (exact) mass is 341 g/mol. The van der Waals surface area contributed by atoms with Gasteiger partial charge in [-0.2, -0.15) is 0 Å². The van der Waals surface area contributed by atoms with Gasteiger partial charge >= 0.3 is 0 Å². The van der Waals surface area contributed by atoms with Crippen molar-refractivity contribution in [3.8, 4) is 11.5 Å². The number of nitrogens with one attached hydrogen (secondary N) is 1. The molecule has 1 N–H and O–H groups in total. The van der Waals surface area contributed by atoms with Crippen LogP contribution >= 0.6 is 0 Å². The fourth-order valence-corrected chi connectivity index (χ4v) is 2.78. The van der Waals surface area contributed by atoms with Crippen LogP contribution in [-0.2, 0) is 16.0 Å². The number of hydrogen-bond donors (Lipinski definition) is 1. The first-order valence-corrected chi connectivity index (χ1v) is 8.51. The number of rotatable bonds is 7. The van der Waals surface area contributed by atoms with Crippen LogP contribution in [0.4, 0.5) is 5.69 Å². The smallest absolute Gasteiger partial charge is 0.228 e. The van der Waals surface area contributed by atoms with Crippen molar-refractivity contribution in [3.05, 3.63) is 54.1 Å². The number of ether oxygens (including phenoxy) is 3. The molecule has 0 bridgehead atoms. The number of para-hydroxylation sites is 2. The van der Waals surface area contributed by atoms with Crippen molar-refractivity contribution in [3.63, 3.8) is 0 Å². The van der Waals surface area contributed by atoms with E-state index in [9.17, 15) is 4.79 Å². The highest BCUT2D eigenvalue weighted by Crippen LogP contribution is 2.25. The van der Waals surface area contributed by atoms with Crippen molar-refractivity contribution in [2.24, 2.45) is 0 Å². The number of hydrogen-bond acceptors (Lipinski definition) is 4. The minimum atomic E-state index is -0.0849. The van der Waals surface area contributed by atoms with Gasteiger partial charge in [-0.25, -0.2) is 0 Å². The molecule has 132 valence electrons. The lowest BCUT2D eigenvalue weighted by atomic mass is 10.1. The Kier molecular flexibility index (Phi) is 5.90. The lowest BCUT2D eigenvalue weighted by Crippen LogP contribution is -2.18. The van der Waals surface area contributed by atoms with E-state index in [2.05, 4.69) is 5.32 Å². The number of benzene rings is 2. The summed E-state index contributed by atoms with van der Waals surface area (Å²) in [6.07, 6.45) is 2.53. The molecule has 0 spiro atoms. The van der Waals surface area contributed by atoms with E-state index < -0.39 is 0 Å². The van der Waals surface area contributed by atoms with Crippen molar-refractivity contribution in [1.82, 2.24) is 0 Å². The molecule has 5 nitrogen and oxygen atoms in total. The van der Waals surface area contributed by atoms with E-state index in [4.69, 9.17) is 14.2 Å². The molecule has 1 saturated heterocycles. The molecule has 0 aliphatic carbocycles. The highest BCUT2D eigenvalue weighted by atomic mass is 16.5. The normalized spacial score (nSPS) is 16.4. The molecule has 3 rings (SSSR count). The van der Waals surface area contributed by atoms with Crippen LogP contribution in [0.3, 0.4) is 0 Å². The lowest BCUT2D eigenvalue weighted by Gasteiger charge is -2.15. The van der Waals surface area contributed by atoms with E-state index in [1.54, 1.807) is 7.11 Å². The molecule has 0 saturated carbocycles. The largest absolute Gasteiger partial charge is 0.497 e. The molecule has 25 heavy (non-hydrogen) atoms. The van der Waals surface area contributed by atoms with Gasteiger partial charge < -0.3 is 19.5 Å². The minimum Gasteiger partial charge on any atom is -0.497 e. The van der Waals surface area contributed by atoms with E-state index in [0.717, 1.165) is 30.8 Å². The maximum absolute atomic E-state index is 12.3. The molecule has 1 atom stereocenters. The average molecular weight is 341 g/mol. The van der Waals surface area contributed by atoms with Crippen molar-refractivity contribution in [2.45, 2.75) is 25.4 Å². The molecule has 1 fully saturated rings. The summed E-state index contributed by atoms with van der Waals surface area (Å²) in [5, 5.41) is 2.93. The Bertz CT molecular complexity index is 693. The van der Waals surface area contributed by atoms with Crippen molar-refractivity contribution >= 4 is 11.6 Å². The third-order valence-electron chi connectivity index (χ3n) is 4.13. The molecule has 1 unspecified atom stereocenters. The molecular formula is C20H23NO4. The third kappa shape index (κ3) is 4.97. The van der Waals surface area contributed by atoms with Crippen molar-refractivity contribution < 1.29 is 19.0 Å². The predicted octanol–water partition coefficient (Wildman–Crippen LogP) is 3.43. The van der Waals surface area contributed by atoms with Gasteiger partial charge in [0.15, 0.2) is 0 Å². The molecular weight excluding hydrogens is 318 g/mol. The van der Waals surface area contributed by atoms with Crippen LogP contribution in [0.2, 0.25) is 0 Å². The maximum Gasteiger partial charge on any atom is 0.228 e. The molecule has 1 aliphatic heterocycles. The first kappa shape index (κ1) is 17.3. The zero-order valence-corrected chi connectivity index (χ0v) is 14.4. The summed E-state index contributed by atoms with van der Waals surface area (Å²) in [6, 6.07) is 14.9. The summed E-state index contributed by atoms with van der Waals surface area (Å²) < 4.78 is 16.5. The Morgan fingerprint density at radius 2 is 2.00 bits per heavy atom. The summed E-state index contributed by atoms with van der Waals surface area (Å²) in [5.41, 5.74) is 1.61. The highest BCUT2D eigenvalue weighted by molar-refractivity contribution is 5.93. The van der Waals surface area contributed by atoms with Gasteiger partial charge in [-0.15, -0.1) is 0 Å². The summed E-state index contributed by atoms with van der Waals surface area (Å²) in [4.78, 5) is 12.3. The number of anilines is 1. The van der Waals surface area contributed by atoms with Gasteiger partial charge in [0.25, 0.3) is 0 Å². The van der Waals surface area contributed by atoms with Crippen LogP contribution in [0.1, 0.15) is 18.4 Å². The van der Waals surface area contributed by atoms with Gasteiger partial charge in [0.2, 0.25) is 5.91 Å². The Morgan fingerprint density at radius 1 is 1.20 bits per heavy atom. The fourth-order valence-electron chi connectivity index (χ4n) is 2.78. The van der Waals surface area contributed by atoms with Crippen LogP contribution in [-0.4, -0.2) is 32.3 Å². The lowest BCUT2D eigenvalue weighted by molar-refractivity contribution is -0.115. The summed E-state index contributed by atoms with van der Waals surface area (Å²) >= 11 is 0. The number of amides is 1. The van der Waals surface area contributed by atoms with Crippen molar-refractivity contribution in [1.29, 1.82) is 0 Å². The quantitative estimate of drug-likeness (QED) is 0.838. The van der Waals surface area contributed by atoms with Gasteiger partial charge in [-0.1, -0.05) is 24.3 Å². The molecule has 2 aromatic carbocycles. The Morgan fingerprint density at radius 3 is 2.72 bits per heavy atom. The third-order valence-corrected chi connectivity index (χ3v) is 4.13. The zero-order valence-electron chi connectivity index (χ0n) is 14.4. The van der Waals surface area contributed by atoms with Gasteiger partial charge in [-0.3, -0.25) is 4.79 Å². The number of carbonyl (C=O) groups excluding carboxylic acids is 1. The molecule has 0 radical (unpaired) electrons.